The fraction of sp³-hybridized carbons (Fsp3) is 0.364. The van der Waals surface area contributed by atoms with E-state index in [4.69, 9.17) is 5.10 Å². The second-order valence-corrected chi connectivity index (χ2v) is 7.50. The van der Waals surface area contributed by atoms with Crippen molar-refractivity contribution in [1.29, 1.82) is 0 Å². The van der Waals surface area contributed by atoms with Crippen LogP contribution < -0.4 is 0 Å². The molecule has 0 aliphatic carbocycles. The molecule has 4 rings (SSSR count). The van der Waals surface area contributed by atoms with E-state index in [-0.39, 0.29) is 0 Å². The zero-order valence-electron chi connectivity index (χ0n) is 16.2. The highest BCUT2D eigenvalue weighted by molar-refractivity contribution is 5.67. The first-order valence-corrected chi connectivity index (χ1v) is 9.50. The Morgan fingerprint density at radius 1 is 1.11 bits per heavy atom. The highest BCUT2D eigenvalue weighted by atomic mass is 16.3. The third kappa shape index (κ3) is 3.80. The van der Waals surface area contributed by atoms with Gasteiger partial charge in [0.05, 0.1) is 11.8 Å². The Kier molecular flexibility index (Phi) is 4.81. The number of fused-ring (bicyclic) bond motifs is 1. The Labute approximate surface area is 160 Å². The maximum absolute atomic E-state index is 10.5. The van der Waals surface area contributed by atoms with Gasteiger partial charge >= 0.3 is 0 Å². The van der Waals surface area contributed by atoms with Gasteiger partial charge in [-0.2, -0.15) is 5.10 Å². The summed E-state index contributed by atoms with van der Waals surface area (Å²) in [4.78, 5) is 6.86. The van der Waals surface area contributed by atoms with Crippen molar-refractivity contribution in [2.24, 2.45) is 0 Å². The maximum Gasteiger partial charge on any atom is 0.156 e. The number of hydrogen-bond donors (Lipinski definition) is 1. The number of nitrogens with zero attached hydrogens (tertiary/aromatic N) is 4. The minimum Gasteiger partial charge on any atom is -0.387 e. The van der Waals surface area contributed by atoms with Gasteiger partial charge in [-0.05, 0) is 44.4 Å². The molecule has 0 radical (unpaired) electrons. The van der Waals surface area contributed by atoms with Crippen LogP contribution >= 0.6 is 0 Å². The summed E-state index contributed by atoms with van der Waals surface area (Å²) >= 11 is 0. The lowest BCUT2D eigenvalue weighted by molar-refractivity contribution is 0.119. The molecule has 1 N–H and O–H groups in total. The Morgan fingerprint density at radius 2 is 1.89 bits per heavy atom. The molecule has 0 amide bonds. The maximum atomic E-state index is 10.5. The molecule has 1 aromatic carbocycles. The van der Waals surface area contributed by atoms with Crippen molar-refractivity contribution >= 4 is 11.2 Å². The van der Waals surface area contributed by atoms with Crippen LogP contribution in [0, 0.1) is 20.8 Å². The summed E-state index contributed by atoms with van der Waals surface area (Å²) < 4.78 is 1.91. The molecule has 0 spiro atoms. The quantitative estimate of drug-likeness (QED) is 0.772. The van der Waals surface area contributed by atoms with Crippen LogP contribution in [0.25, 0.3) is 11.2 Å². The van der Waals surface area contributed by atoms with E-state index >= 15 is 0 Å². The summed E-state index contributed by atoms with van der Waals surface area (Å²) in [5, 5.41) is 15.2. The van der Waals surface area contributed by atoms with E-state index in [1.165, 1.54) is 11.1 Å². The van der Waals surface area contributed by atoms with Gasteiger partial charge in [0, 0.05) is 37.1 Å². The first-order valence-electron chi connectivity index (χ1n) is 9.50. The van der Waals surface area contributed by atoms with E-state index in [1.807, 2.05) is 41.8 Å². The molecule has 27 heavy (non-hydrogen) atoms. The van der Waals surface area contributed by atoms with E-state index in [0.717, 1.165) is 47.8 Å². The van der Waals surface area contributed by atoms with Crippen molar-refractivity contribution in [2.45, 2.75) is 33.3 Å². The number of β-amino-alcohol motifs (C(OH)–C–C–N with tert-alkyl or cyclic N) is 1. The summed E-state index contributed by atoms with van der Waals surface area (Å²) in [7, 11) is 0. The minimum absolute atomic E-state index is 0.453. The number of hydrogen-bond acceptors (Lipinski definition) is 4. The SMILES string of the molecule is Cc1ccc([C@H](O)CN2CC=C(c3cc4nc(C)cc(C)n4n3)CC2)cc1. The van der Waals surface area contributed by atoms with Crippen LogP contribution in [0.1, 0.15) is 40.7 Å². The van der Waals surface area contributed by atoms with Crippen molar-refractivity contribution in [3.05, 3.63) is 70.7 Å². The normalized spacial score (nSPS) is 16.5. The van der Waals surface area contributed by atoms with Crippen LogP contribution in [0.15, 0.2) is 42.5 Å². The fourth-order valence-electron chi connectivity index (χ4n) is 3.69. The lowest BCUT2D eigenvalue weighted by atomic mass is 10.0. The van der Waals surface area contributed by atoms with Crippen molar-refractivity contribution in [1.82, 2.24) is 19.5 Å². The Bertz CT molecular complexity index is 987. The monoisotopic (exact) mass is 362 g/mol. The number of aliphatic hydroxyl groups excluding tert-OH is 1. The summed E-state index contributed by atoms with van der Waals surface area (Å²) in [6.45, 7) is 8.53. The molecule has 140 valence electrons. The summed E-state index contributed by atoms with van der Waals surface area (Å²) in [6, 6.07) is 12.2. The van der Waals surface area contributed by atoms with E-state index in [1.54, 1.807) is 0 Å². The average molecular weight is 362 g/mol. The molecule has 3 aromatic rings. The highest BCUT2D eigenvalue weighted by Crippen LogP contribution is 2.24. The van der Waals surface area contributed by atoms with Crippen LogP contribution in [-0.4, -0.2) is 44.2 Å². The molecule has 0 bridgehead atoms. The predicted molar refractivity (Wildman–Crippen MR) is 108 cm³/mol. The van der Waals surface area contributed by atoms with Gasteiger partial charge in [-0.3, -0.25) is 4.90 Å². The number of aliphatic hydroxyl groups is 1. The number of aryl methyl sites for hydroxylation is 3. The molecule has 1 aliphatic rings. The standard InChI is InChI=1S/C22H26N4O/c1-15-4-6-19(7-5-15)21(27)14-25-10-8-18(9-11-25)20-13-22-23-16(2)12-17(3)26(22)24-20/h4-8,12-13,21,27H,9-11,14H2,1-3H3/t21-/m1/s1. The molecule has 1 atom stereocenters. The molecule has 2 aromatic heterocycles. The molecule has 1 aliphatic heterocycles. The van der Waals surface area contributed by atoms with Crippen molar-refractivity contribution < 1.29 is 5.11 Å². The Balaban J connectivity index is 1.45. The first kappa shape index (κ1) is 17.9. The zero-order valence-corrected chi connectivity index (χ0v) is 16.2. The second kappa shape index (κ2) is 7.25. The van der Waals surface area contributed by atoms with Crippen molar-refractivity contribution in [3.63, 3.8) is 0 Å². The summed E-state index contributed by atoms with van der Waals surface area (Å²) in [5.41, 5.74) is 7.48. The third-order valence-electron chi connectivity index (χ3n) is 5.25. The minimum atomic E-state index is -0.453. The lowest BCUT2D eigenvalue weighted by Gasteiger charge is -2.28. The average Bonchev–Trinajstić information content (AvgIpc) is 3.07. The molecule has 5 nitrogen and oxygen atoms in total. The van der Waals surface area contributed by atoms with Crippen LogP contribution in [0.2, 0.25) is 0 Å². The molecule has 3 heterocycles. The smallest absolute Gasteiger partial charge is 0.156 e. The fourth-order valence-corrected chi connectivity index (χ4v) is 3.69. The Hall–Kier alpha value is -2.50. The second-order valence-electron chi connectivity index (χ2n) is 7.50. The highest BCUT2D eigenvalue weighted by Gasteiger charge is 2.19. The van der Waals surface area contributed by atoms with Crippen LogP contribution in [0.3, 0.4) is 0 Å². The summed E-state index contributed by atoms with van der Waals surface area (Å²) in [5.74, 6) is 0. The van der Waals surface area contributed by atoms with Gasteiger partial charge in [-0.25, -0.2) is 9.50 Å². The van der Waals surface area contributed by atoms with Gasteiger partial charge in [0.2, 0.25) is 0 Å². The lowest BCUT2D eigenvalue weighted by Crippen LogP contribution is -2.32. The van der Waals surface area contributed by atoms with Gasteiger partial charge in [-0.15, -0.1) is 0 Å². The zero-order chi connectivity index (χ0) is 19.0. The van der Waals surface area contributed by atoms with Gasteiger partial charge in [0.1, 0.15) is 0 Å². The van der Waals surface area contributed by atoms with E-state index < -0.39 is 6.10 Å². The number of rotatable bonds is 4. The van der Waals surface area contributed by atoms with E-state index in [9.17, 15) is 5.11 Å². The molecule has 0 saturated carbocycles. The van der Waals surface area contributed by atoms with Gasteiger partial charge in [0.25, 0.3) is 0 Å². The van der Waals surface area contributed by atoms with Gasteiger partial charge in [0.15, 0.2) is 5.65 Å². The molecular weight excluding hydrogens is 336 g/mol. The predicted octanol–water partition coefficient (Wildman–Crippen LogP) is 3.48. The first-order chi connectivity index (χ1) is 13.0. The van der Waals surface area contributed by atoms with E-state index in [0.29, 0.717) is 6.54 Å². The van der Waals surface area contributed by atoms with Crippen LogP contribution in [0.5, 0.6) is 0 Å². The molecular formula is C22H26N4O. The molecule has 0 fully saturated rings. The van der Waals surface area contributed by atoms with Crippen molar-refractivity contribution in [2.75, 3.05) is 19.6 Å². The summed E-state index contributed by atoms with van der Waals surface area (Å²) in [6.07, 6.45) is 2.71. The third-order valence-corrected chi connectivity index (χ3v) is 5.25. The topological polar surface area (TPSA) is 53.7 Å². The molecule has 0 unspecified atom stereocenters. The molecule has 5 heteroatoms. The van der Waals surface area contributed by atoms with Gasteiger partial charge in [-0.1, -0.05) is 35.9 Å². The van der Waals surface area contributed by atoms with Gasteiger partial charge < -0.3 is 5.11 Å². The largest absolute Gasteiger partial charge is 0.387 e. The molecule has 0 saturated heterocycles. The van der Waals surface area contributed by atoms with Crippen molar-refractivity contribution in [3.8, 4) is 0 Å². The van der Waals surface area contributed by atoms with Crippen LogP contribution in [-0.2, 0) is 0 Å². The van der Waals surface area contributed by atoms with Crippen LogP contribution in [0.4, 0.5) is 0 Å². The van der Waals surface area contributed by atoms with E-state index in [2.05, 4.69) is 35.9 Å². The number of aromatic nitrogens is 3. The number of benzene rings is 1. The Morgan fingerprint density at radius 3 is 2.59 bits per heavy atom.